The first-order valence-corrected chi connectivity index (χ1v) is 5.39. The molecule has 0 saturated carbocycles. The van der Waals surface area contributed by atoms with E-state index in [-0.39, 0.29) is 24.4 Å². The number of aromatic amines is 1. The van der Waals surface area contributed by atoms with Gasteiger partial charge in [0.05, 0.1) is 12.6 Å². The van der Waals surface area contributed by atoms with E-state index < -0.39 is 0 Å². The molecular formula is C10H18N4O2. The van der Waals surface area contributed by atoms with E-state index in [4.69, 9.17) is 5.11 Å². The maximum Gasteiger partial charge on any atom is 0.293 e. The van der Waals surface area contributed by atoms with Gasteiger partial charge in [-0.25, -0.2) is 4.98 Å². The van der Waals surface area contributed by atoms with Crippen molar-refractivity contribution < 1.29 is 9.90 Å². The number of hydrogen-bond donors (Lipinski definition) is 2. The summed E-state index contributed by atoms with van der Waals surface area (Å²) in [5.41, 5.74) is 0. The summed E-state index contributed by atoms with van der Waals surface area (Å²) in [6.07, 6.45) is 1.73. The topological polar surface area (TPSA) is 82.1 Å². The average molecular weight is 226 g/mol. The van der Waals surface area contributed by atoms with Crippen molar-refractivity contribution in [2.45, 2.75) is 32.7 Å². The largest absolute Gasteiger partial charge is 0.394 e. The number of aryl methyl sites for hydroxylation is 1. The zero-order valence-corrected chi connectivity index (χ0v) is 9.90. The third kappa shape index (κ3) is 2.79. The maximum absolute atomic E-state index is 11.8. The molecule has 0 bridgehead atoms. The smallest absolute Gasteiger partial charge is 0.293 e. The molecule has 1 rings (SSSR count). The van der Waals surface area contributed by atoms with Gasteiger partial charge in [-0.1, -0.05) is 6.92 Å². The molecule has 6 heteroatoms. The Bertz CT molecular complexity index is 350. The number of nitrogens with zero attached hydrogens (tertiary/aromatic N) is 3. The van der Waals surface area contributed by atoms with Gasteiger partial charge in [-0.3, -0.25) is 9.89 Å². The summed E-state index contributed by atoms with van der Waals surface area (Å²) in [7, 11) is 1.62. The monoisotopic (exact) mass is 226 g/mol. The number of carbonyl (C=O) groups excluding carboxylic acids is 1. The minimum atomic E-state index is -0.278. The van der Waals surface area contributed by atoms with Crippen LogP contribution in [0.1, 0.15) is 36.7 Å². The van der Waals surface area contributed by atoms with E-state index in [2.05, 4.69) is 15.2 Å². The highest BCUT2D eigenvalue weighted by atomic mass is 16.3. The van der Waals surface area contributed by atoms with E-state index in [1.54, 1.807) is 14.0 Å². The molecule has 0 aliphatic carbocycles. The van der Waals surface area contributed by atoms with Crippen molar-refractivity contribution in [1.82, 2.24) is 20.1 Å². The molecular weight excluding hydrogens is 208 g/mol. The van der Waals surface area contributed by atoms with Gasteiger partial charge < -0.3 is 10.0 Å². The minimum Gasteiger partial charge on any atom is -0.394 e. The van der Waals surface area contributed by atoms with Crippen LogP contribution in [0.5, 0.6) is 0 Å². The molecule has 0 aliphatic heterocycles. The SMILES string of the molecule is CCCc1nc(C(=O)N(C)C(C)CO)n[nH]1. The number of carbonyl (C=O) groups is 1. The zero-order valence-electron chi connectivity index (χ0n) is 9.90. The maximum atomic E-state index is 11.8. The number of aromatic nitrogens is 3. The van der Waals surface area contributed by atoms with Gasteiger partial charge in [0.2, 0.25) is 5.82 Å². The molecule has 1 heterocycles. The summed E-state index contributed by atoms with van der Waals surface area (Å²) < 4.78 is 0. The molecule has 1 aromatic heterocycles. The Labute approximate surface area is 94.7 Å². The van der Waals surface area contributed by atoms with Crippen molar-refractivity contribution in [1.29, 1.82) is 0 Å². The molecule has 0 saturated heterocycles. The van der Waals surface area contributed by atoms with Crippen LogP contribution in [0.15, 0.2) is 0 Å². The summed E-state index contributed by atoms with van der Waals surface area (Å²) in [4.78, 5) is 17.4. The molecule has 90 valence electrons. The van der Waals surface area contributed by atoms with Crippen molar-refractivity contribution in [3.05, 3.63) is 11.6 Å². The van der Waals surface area contributed by atoms with Gasteiger partial charge in [-0.2, -0.15) is 0 Å². The first-order valence-electron chi connectivity index (χ1n) is 5.39. The number of likely N-dealkylation sites (N-methyl/N-ethyl adjacent to an activating group) is 1. The van der Waals surface area contributed by atoms with Crippen LogP contribution < -0.4 is 0 Å². The van der Waals surface area contributed by atoms with Gasteiger partial charge in [0.25, 0.3) is 5.91 Å². The number of H-pyrrole nitrogens is 1. The van der Waals surface area contributed by atoms with E-state index in [0.717, 1.165) is 18.7 Å². The van der Waals surface area contributed by atoms with Crippen LogP contribution in [0.4, 0.5) is 0 Å². The third-order valence-electron chi connectivity index (χ3n) is 2.46. The van der Waals surface area contributed by atoms with Gasteiger partial charge in [0, 0.05) is 13.5 Å². The predicted molar refractivity (Wildman–Crippen MR) is 59.0 cm³/mol. The second kappa shape index (κ2) is 5.60. The molecule has 16 heavy (non-hydrogen) atoms. The van der Waals surface area contributed by atoms with Crippen LogP contribution in [-0.2, 0) is 6.42 Å². The fraction of sp³-hybridized carbons (Fsp3) is 0.700. The summed E-state index contributed by atoms with van der Waals surface area (Å²) in [5, 5.41) is 15.5. The molecule has 6 nitrogen and oxygen atoms in total. The summed E-state index contributed by atoms with van der Waals surface area (Å²) >= 11 is 0. The van der Waals surface area contributed by atoms with Crippen LogP contribution in [0.3, 0.4) is 0 Å². The first-order chi connectivity index (χ1) is 7.60. The highest BCUT2D eigenvalue weighted by Crippen LogP contribution is 2.03. The van der Waals surface area contributed by atoms with Crippen LogP contribution in [0, 0.1) is 0 Å². The number of aliphatic hydroxyl groups is 1. The highest BCUT2D eigenvalue weighted by Gasteiger charge is 2.20. The summed E-state index contributed by atoms with van der Waals surface area (Å²) in [6.45, 7) is 3.72. The first kappa shape index (κ1) is 12.6. The second-order valence-electron chi connectivity index (χ2n) is 3.80. The van der Waals surface area contributed by atoms with Crippen molar-refractivity contribution >= 4 is 5.91 Å². The molecule has 1 aromatic rings. The molecule has 0 radical (unpaired) electrons. The minimum absolute atomic E-state index is 0.0749. The molecule has 0 fully saturated rings. The fourth-order valence-corrected chi connectivity index (χ4v) is 1.22. The Morgan fingerprint density at radius 1 is 1.62 bits per heavy atom. The van der Waals surface area contributed by atoms with Gasteiger partial charge in [0.1, 0.15) is 5.82 Å². The van der Waals surface area contributed by atoms with Gasteiger partial charge in [-0.15, -0.1) is 5.10 Å². The number of aliphatic hydroxyl groups excluding tert-OH is 1. The number of rotatable bonds is 5. The summed E-state index contributed by atoms with van der Waals surface area (Å²) in [5.74, 6) is 0.599. The Morgan fingerprint density at radius 2 is 2.31 bits per heavy atom. The van der Waals surface area contributed by atoms with Gasteiger partial charge in [0.15, 0.2) is 0 Å². The molecule has 2 N–H and O–H groups in total. The van der Waals surface area contributed by atoms with Crippen molar-refractivity contribution in [2.24, 2.45) is 0 Å². The van der Waals surface area contributed by atoms with Crippen molar-refractivity contribution in [3.63, 3.8) is 0 Å². The average Bonchev–Trinajstić information content (AvgIpc) is 2.75. The number of hydrogen-bond acceptors (Lipinski definition) is 4. The zero-order chi connectivity index (χ0) is 12.1. The molecule has 1 unspecified atom stereocenters. The summed E-state index contributed by atoms with van der Waals surface area (Å²) in [6, 6.07) is -0.236. The van der Waals surface area contributed by atoms with E-state index in [1.807, 2.05) is 6.92 Å². The highest BCUT2D eigenvalue weighted by molar-refractivity contribution is 5.90. The van der Waals surface area contributed by atoms with E-state index in [1.165, 1.54) is 4.90 Å². The molecule has 1 amide bonds. The van der Waals surface area contributed by atoms with Crippen LogP contribution in [-0.4, -0.2) is 50.8 Å². The van der Waals surface area contributed by atoms with Crippen molar-refractivity contribution in [3.8, 4) is 0 Å². The Morgan fingerprint density at radius 3 is 2.88 bits per heavy atom. The lowest BCUT2D eigenvalue weighted by atomic mass is 10.3. The van der Waals surface area contributed by atoms with Gasteiger partial charge >= 0.3 is 0 Å². The van der Waals surface area contributed by atoms with E-state index >= 15 is 0 Å². The van der Waals surface area contributed by atoms with Crippen molar-refractivity contribution in [2.75, 3.05) is 13.7 Å². The van der Waals surface area contributed by atoms with Crippen LogP contribution >= 0.6 is 0 Å². The normalized spacial score (nSPS) is 12.5. The lowest BCUT2D eigenvalue weighted by Gasteiger charge is -2.21. The second-order valence-corrected chi connectivity index (χ2v) is 3.80. The van der Waals surface area contributed by atoms with Gasteiger partial charge in [-0.05, 0) is 13.3 Å². The molecule has 0 spiro atoms. The Kier molecular flexibility index (Phi) is 4.42. The fourth-order valence-electron chi connectivity index (χ4n) is 1.22. The quantitative estimate of drug-likeness (QED) is 0.752. The predicted octanol–water partition coefficient (Wildman–Crippen LogP) is 0.210. The standard InChI is InChI=1S/C10H18N4O2/c1-4-5-8-11-9(13-12-8)10(16)14(3)7(2)6-15/h7,15H,4-6H2,1-3H3,(H,11,12,13). The molecule has 0 aliphatic rings. The lowest BCUT2D eigenvalue weighted by molar-refractivity contribution is 0.0670. The van der Waals surface area contributed by atoms with E-state index in [0.29, 0.717) is 0 Å². The molecule has 0 aromatic carbocycles. The van der Waals surface area contributed by atoms with Crippen LogP contribution in [0.2, 0.25) is 0 Å². The van der Waals surface area contributed by atoms with E-state index in [9.17, 15) is 4.79 Å². The van der Waals surface area contributed by atoms with Crippen LogP contribution in [0.25, 0.3) is 0 Å². The third-order valence-corrected chi connectivity index (χ3v) is 2.46. The molecule has 1 atom stereocenters. The Hall–Kier alpha value is -1.43. The Balaban J connectivity index is 2.72. The number of amides is 1. The number of nitrogens with one attached hydrogen (secondary N) is 1. The lowest BCUT2D eigenvalue weighted by Crippen LogP contribution is -2.37.